The lowest BCUT2D eigenvalue weighted by Crippen LogP contribution is -2.64. The predicted molar refractivity (Wildman–Crippen MR) is 85.4 cm³/mol. The largest absolute Gasteiger partial charge is 0.459 e. The van der Waals surface area contributed by atoms with Crippen molar-refractivity contribution < 1.29 is 40.6 Å². The van der Waals surface area contributed by atoms with E-state index in [1.165, 1.54) is 0 Å². The van der Waals surface area contributed by atoms with Gasteiger partial charge in [0.2, 0.25) is 0 Å². The van der Waals surface area contributed by atoms with Crippen LogP contribution in [-0.2, 0) is 14.3 Å². The second-order valence-corrected chi connectivity index (χ2v) is 9.42. The molecule has 28 heavy (non-hydrogen) atoms. The van der Waals surface area contributed by atoms with Gasteiger partial charge in [0.25, 0.3) is 5.92 Å². The molecule has 0 aromatic rings. The van der Waals surface area contributed by atoms with Crippen molar-refractivity contribution in [2.75, 3.05) is 13.2 Å². The number of esters is 1. The van der Waals surface area contributed by atoms with Crippen LogP contribution in [0.4, 0.5) is 26.3 Å². The summed E-state index contributed by atoms with van der Waals surface area (Å²) in [4.78, 5) is 12.7. The van der Waals surface area contributed by atoms with Gasteiger partial charge in [-0.05, 0) is 56.3 Å². The molecule has 0 radical (unpaired) electrons. The fourth-order valence-corrected chi connectivity index (χ4v) is 6.24. The van der Waals surface area contributed by atoms with Crippen LogP contribution in [0.2, 0.25) is 0 Å². The first-order chi connectivity index (χ1) is 12.8. The van der Waals surface area contributed by atoms with Crippen molar-refractivity contribution in [3.63, 3.8) is 0 Å². The Morgan fingerprint density at radius 3 is 2.21 bits per heavy atom. The number of halogens is 6. The minimum atomic E-state index is -4.23. The van der Waals surface area contributed by atoms with Crippen molar-refractivity contribution in [3.8, 4) is 0 Å². The third-order valence-electron chi connectivity index (χ3n) is 7.35. The summed E-state index contributed by atoms with van der Waals surface area (Å²) in [6.07, 6.45) is 1.11. The first-order valence-electron chi connectivity index (χ1n) is 9.73. The Kier molecular flexibility index (Phi) is 4.36. The maximum atomic E-state index is 13.9. The maximum Gasteiger partial charge on any atom is 0.332 e. The van der Waals surface area contributed by atoms with Crippen LogP contribution in [0.15, 0.2) is 0 Å². The lowest BCUT2D eigenvalue weighted by Gasteiger charge is -2.63. The lowest BCUT2D eigenvalue weighted by molar-refractivity contribution is -0.260. The smallest absolute Gasteiger partial charge is 0.332 e. The lowest BCUT2D eigenvalue weighted by atomic mass is 9.44. The summed E-state index contributed by atoms with van der Waals surface area (Å²) in [5.41, 5.74) is -2.04. The first kappa shape index (κ1) is 20.3. The molecule has 0 aromatic carbocycles. The Balaban J connectivity index is 1.56. The second kappa shape index (κ2) is 6.01. The molecule has 0 aromatic heterocycles. The van der Waals surface area contributed by atoms with Crippen LogP contribution in [-0.4, -0.2) is 42.6 Å². The third-order valence-corrected chi connectivity index (χ3v) is 7.35. The van der Waals surface area contributed by atoms with Crippen molar-refractivity contribution in [1.82, 2.24) is 0 Å². The molecule has 5 fully saturated rings. The van der Waals surface area contributed by atoms with E-state index in [0.29, 0.717) is 26.2 Å². The standard InChI is InChI=1S/C19H24F6O3/c1-15(20,21)9-27-14(26)16-6-11-4-12(7-16)17(13(5-11)8-16)2-3-18(22,23)19(24,25)10-28-17/h11-13H,2-10H2,1H3. The van der Waals surface area contributed by atoms with Gasteiger partial charge >= 0.3 is 17.8 Å². The molecule has 4 bridgehead atoms. The molecule has 2 unspecified atom stereocenters. The van der Waals surface area contributed by atoms with Gasteiger partial charge in [-0.3, -0.25) is 4.79 Å². The molecule has 1 heterocycles. The van der Waals surface area contributed by atoms with Crippen LogP contribution < -0.4 is 0 Å². The summed E-state index contributed by atoms with van der Waals surface area (Å²) in [7, 11) is 0. The monoisotopic (exact) mass is 414 g/mol. The number of carbonyl (C=O) groups excluding carboxylic acids is 1. The number of carbonyl (C=O) groups is 1. The molecule has 1 saturated heterocycles. The van der Waals surface area contributed by atoms with E-state index in [-0.39, 0.29) is 37.0 Å². The summed E-state index contributed by atoms with van der Waals surface area (Å²) in [6, 6.07) is 0. The highest BCUT2D eigenvalue weighted by Crippen LogP contribution is 2.67. The first-order valence-corrected chi connectivity index (χ1v) is 9.73. The van der Waals surface area contributed by atoms with Crippen LogP contribution in [0.5, 0.6) is 0 Å². The van der Waals surface area contributed by atoms with Crippen LogP contribution in [0.25, 0.3) is 0 Å². The molecule has 4 aliphatic carbocycles. The van der Waals surface area contributed by atoms with E-state index < -0.39 is 54.4 Å². The Morgan fingerprint density at radius 2 is 1.64 bits per heavy atom. The summed E-state index contributed by atoms with van der Waals surface area (Å²) in [6.45, 7) is -1.68. The molecule has 9 heteroatoms. The quantitative estimate of drug-likeness (QED) is 0.490. The number of hydrogen-bond donors (Lipinski definition) is 0. The highest BCUT2D eigenvalue weighted by atomic mass is 19.3. The molecule has 1 aliphatic heterocycles. The van der Waals surface area contributed by atoms with Crippen molar-refractivity contribution >= 4 is 5.97 Å². The van der Waals surface area contributed by atoms with E-state index in [9.17, 15) is 31.1 Å². The van der Waals surface area contributed by atoms with Gasteiger partial charge in [0, 0.05) is 13.3 Å². The average molecular weight is 414 g/mol. The van der Waals surface area contributed by atoms with E-state index in [4.69, 9.17) is 9.47 Å². The van der Waals surface area contributed by atoms with Crippen molar-refractivity contribution in [2.45, 2.75) is 75.2 Å². The molecule has 2 atom stereocenters. The predicted octanol–water partition coefficient (Wildman–Crippen LogP) is 4.83. The van der Waals surface area contributed by atoms with Crippen molar-refractivity contribution in [2.24, 2.45) is 23.2 Å². The fraction of sp³-hybridized carbons (Fsp3) is 0.947. The number of rotatable bonds is 3. The van der Waals surface area contributed by atoms with E-state index in [1.807, 2.05) is 0 Å². The van der Waals surface area contributed by atoms with Gasteiger partial charge in [-0.1, -0.05) is 0 Å². The van der Waals surface area contributed by atoms with Crippen LogP contribution in [0, 0.1) is 23.2 Å². The van der Waals surface area contributed by atoms with Gasteiger partial charge in [-0.2, -0.15) is 17.6 Å². The van der Waals surface area contributed by atoms with Gasteiger partial charge in [0.15, 0.2) is 6.61 Å². The van der Waals surface area contributed by atoms with Crippen LogP contribution in [0.1, 0.15) is 51.9 Å². The van der Waals surface area contributed by atoms with Gasteiger partial charge in [0.05, 0.1) is 11.0 Å². The molecular weight excluding hydrogens is 390 g/mol. The average Bonchev–Trinajstić information content (AvgIpc) is 2.66. The summed E-state index contributed by atoms with van der Waals surface area (Å²) in [5.74, 6) is -12.7. The van der Waals surface area contributed by atoms with E-state index >= 15 is 0 Å². The zero-order valence-corrected chi connectivity index (χ0v) is 15.6. The molecule has 160 valence electrons. The molecule has 4 saturated carbocycles. The highest BCUT2D eigenvalue weighted by Gasteiger charge is 2.69. The van der Waals surface area contributed by atoms with Gasteiger partial charge in [-0.25, -0.2) is 8.78 Å². The van der Waals surface area contributed by atoms with Gasteiger partial charge < -0.3 is 9.47 Å². The SMILES string of the molecule is CC(F)(F)COC(=O)C12CC3CC(C1)C1(CCC(F)(F)C(F)(F)CO1)C(C3)C2. The molecule has 5 aliphatic rings. The summed E-state index contributed by atoms with van der Waals surface area (Å²) < 4.78 is 92.1. The van der Waals surface area contributed by atoms with Crippen LogP contribution in [0.3, 0.4) is 0 Å². The topological polar surface area (TPSA) is 35.5 Å². The normalized spacial score (nSPS) is 43.8. The maximum absolute atomic E-state index is 13.9. The molecule has 3 nitrogen and oxygen atoms in total. The zero-order valence-electron chi connectivity index (χ0n) is 15.6. The Hall–Kier alpha value is -0.990. The highest BCUT2D eigenvalue weighted by molar-refractivity contribution is 5.77. The zero-order chi connectivity index (χ0) is 20.6. The molecule has 5 rings (SSSR count). The summed E-state index contributed by atoms with van der Waals surface area (Å²) >= 11 is 0. The molecule has 0 amide bonds. The fourth-order valence-electron chi connectivity index (χ4n) is 6.24. The Labute approximate surface area is 159 Å². The van der Waals surface area contributed by atoms with E-state index in [0.717, 1.165) is 0 Å². The number of hydrogen-bond acceptors (Lipinski definition) is 3. The summed E-state index contributed by atoms with van der Waals surface area (Å²) in [5, 5.41) is 0. The minimum absolute atomic E-state index is 0.130. The number of alkyl halides is 6. The molecular formula is C19H24F6O3. The molecule has 1 spiro atoms. The number of ether oxygens (including phenoxy) is 2. The van der Waals surface area contributed by atoms with E-state index in [1.54, 1.807) is 0 Å². The minimum Gasteiger partial charge on any atom is -0.459 e. The van der Waals surface area contributed by atoms with Crippen molar-refractivity contribution in [3.05, 3.63) is 0 Å². The third kappa shape index (κ3) is 3.03. The second-order valence-electron chi connectivity index (χ2n) is 9.42. The Bertz CT molecular complexity index is 623. The van der Waals surface area contributed by atoms with Gasteiger partial charge in [-0.15, -0.1) is 0 Å². The molecule has 0 N–H and O–H groups in total. The van der Waals surface area contributed by atoms with E-state index in [2.05, 4.69) is 0 Å². The van der Waals surface area contributed by atoms with Crippen molar-refractivity contribution in [1.29, 1.82) is 0 Å². The van der Waals surface area contributed by atoms with Crippen LogP contribution >= 0.6 is 0 Å². The Morgan fingerprint density at radius 1 is 1.04 bits per heavy atom. The van der Waals surface area contributed by atoms with Gasteiger partial charge in [0.1, 0.15) is 6.61 Å².